The number of hydrogen-bond donors (Lipinski definition) is 0. The molecular formula is C28H20O. The van der Waals surface area contributed by atoms with Crippen LogP contribution in [0.15, 0.2) is 101 Å². The molecule has 1 heteroatoms. The Labute approximate surface area is 170 Å². The maximum atomic E-state index is 5.93. The van der Waals surface area contributed by atoms with Gasteiger partial charge in [0.05, 0.1) is 0 Å². The van der Waals surface area contributed by atoms with E-state index in [0.717, 1.165) is 22.6 Å². The smallest absolute Gasteiger partial charge is 0.127 e. The molecule has 0 spiro atoms. The van der Waals surface area contributed by atoms with Crippen molar-refractivity contribution in [1.29, 1.82) is 0 Å². The first-order valence-corrected chi connectivity index (χ1v) is 9.77. The Morgan fingerprint density at radius 3 is 1.34 bits per heavy atom. The molecule has 0 N–H and O–H groups in total. The Balaban J connectivity index is 1.32. The summed E-state index contributed by atoms with van der Waals surface area (Å²) in [6, 6.07) is 33.7. The van der Waals surface area contributed by atoms with E-state index in [9.17, 15) is 0 Å². The number of rotatable bonds is 4. The molecule has 29 heavy (non-hydrogen) atoms. The lowest BCUT2D eigenvalue weighted by Gasteiger charge is -1.99. The average molecular weight is 372 g/mol. The first kappa shape index (κ1) is 17.3. The predicted molar refractivity (Wildman–Crippen MR) is 124 cm³/mol. The second-order valence-electron chi connectivity index (χ2n) is 7.12. The van der Waals surface area contributed by atoms with Gasteiger partial charge in [0.25, 0.3) is 0 Å². The van der Waals surface area contributed by atoms with Gasteiger partial charge in [-0.1, -0.05) is 84.9 Å². The van der Waals surface area contributed by atoms with Gasteiger partial charge >= 0.3 is 0 Å². The number of furan rings is 1. The van der Waals surface area contributed by atoms with Crippen molar-refractivity contribution in [2.75, 3.05) is 0 Å². The molecule has 138 valence electrons. The van der Waals surface area contributed by atoms with Crippen molar-refractivity contribution < 1.29 is 4.42 Å². The Morgan fingerprint density at radius 2 is 0.862 bits per heavy atom. The van der Waals surface area contributed by atoms with E-state index in [1.807, 2.05) is 24.3 Å². The monoisotopic (exact) mass is 372 g/mol. The van der Waals surface area contributed by atoms with Gasteiger partial charge in [-0.2, -0.15) is 0 Å². The summed E-state index contributed by atoms with van der Waals surface area (Å²) in [7, 11) is 0. The number of fused-ring (bicyclic) bond motifs is 2. The van der Waals surface area contributed by atoms with Crippen LogP contribution in [-0.4, -0.2) is 0 Å². The molecule has 0 atom stereocenters. The molecule has 4 aromatic carbocycles. The highest BCUT2D eigenvalue weighted by atomic mass is 16.3. The maximum Gasteiger partial charge on any atom is 0.127 e. The first-order chi connectivity index (χ1) is 14.3. The molecule has 0 amide bonds. The minimum atomic E-state index is 0.844. The second kappa shape index (κ2) is 7.65. The minimum Gasteiger partial charge on any atom is -0.457 e. The largest absolute Gasteiger partial charge is 0.457 e. The van der Waals surface area contributed by atoms with E-state index < -0.39 is 0 Å². The van der Waals surface area contributed by atoms with E-state index in [1.165, 1.54) is 21.5 Å². The van der Waals surface area contributed by atoms with Crippen LogP contribution >= 0.6 is 0 Å². The molecule has 0 aliphatic rings. The van der Waals surface area contributed by atoms with Crippen LogP contribution in [0.25, 0.3) is 45.8 Å². The molecule has 0 fully saturated rings. The van der Waals surface area contributed by atoms with Crippen molar-refractivity contribution in [2.24, 2.45) is 0 Å². The third-order valence-electron chi connectivity index (χ3n) is 5.07. The maximum absolute atomic E-state index is 5.93. The lowest BCUT2D eigenvalue weighted by molar-refractivity contribution is 0.547. The number of hydrogen-bond acceptors (Lipinski definition) is 1. The molecule has 1 aromatic heterocycles. The normalized spacial score (nSPS) is 11.9. The van der Waals surface area contributed by atoms with Crippen LogP contribution in [0.4, 0.5) is 0 Å². The van der Waals surface area contributed by atoms with Gasteiger partial charge in [0.1, 0.15) is 11.5 Å². The van der Waals surface area contributed by atoms with Crippen LogP contribution in [0.2, 0.25) is 0 Å². The quantitative estimate of drug-likeness (QED) is 0.312. The van der Waals surface area contributed by atoms with E-state index in [1.54, 1.807) is 0 Å². The van der Waals surface area contributed by atoms with Crippen LogP contribution in [0.5, 0.6) is 0 Å². The Bertz CT molecular complexity index is 1250. The fourth-order valence-corrected chi connectivity index (χ4v) is 3.53. The molecule has 0 saturated heterocycles. The zero-order valence-corrected chi connectivity index (χ0v) is 16.0. The van der Waals surface area contributed by atoms with E-state index in [-0.39, 0.29) is 0 Å². The molecular weight excluding hydrogens is 352 g/mol. The van der Waals surface area contributed by atoms with E-state index in [2.05, 4.69) is 97.1 Å². The minimum absolute atomic E-state index is 0.844. The average Bonchev–Trinajstić information content (AvgIpc) is 3.24. The molecule has 0 aliphatic heterocycles. The third-order valence-corrected chi connectivity index (χ3v) is 5.07. The Morgan fingerprint density at radius 1 is 0.414 bits per heavy atom. The van der Waals surface area contributed by atoms with Gasteiger partial charge in [-0.05, 0) is 69.1 Å². The lowest BCUT2D eigenvalue weighted by Crippen LogP contribution is -1.75. The van der Waals surface area contributed by atoms with Gasteiger partial charge in [-0.3, -0.25) is 0 Å². The van der Waals surface area contributed by atoms with E-state index in [0.29, 0.717) is 0 Å². The topological polar surface area (TPSA) is 13.1 Å². The van der Waals surface area contributed by atoms with Crippen LogP contribution < -0.4 is 0 Å². The summed E-state index contributed by atoms with van der Waals surface area (Å²) in [5.41, 5.74) is 2.32. The zero-order chi connectivity index (χ0) is 19.5. The lowest BCUT2D eigenvalue weighted by atomic mass is 10.1. The number of benzene rings is 4. The SMILES string of the molecule is C(=C/c1ccc(/C=C\c2ccc3ccccc3c2)o1)/c1ccc2ccccc2c1. The molecule has 0 aliphatic carbocycles. The van der Waals surface area contributed by atoms with Crippen LogP contribution in [-0.2, 0) is 0 Å². The van der Waals surface area contributed by atoms with Gasteiger partial charge in [0.15, 0.2) is 0 Å². The fraction of sp³-hybridized carbons (Fsp3) is 0. The van der Waals surface area contributed by atoms with Gasteiger partial charge in [-0.25, -0.2) is 0 Å². The molecule has 0 radical (unpaired) electrons. The Hall–Kier alpha value is -3.84. The van der Waals surface area contributed by atoms with Crippen molar-refractivity contribution in [3.63, 3.8) is 0 Å². The standard InChI is InChI=1S/C28H20O/c1-3-7-25-19-21(9-13-23(25)5-1)11-15-27-17-18-28(29-27)16-12-22-10-14-24-6-2-4-8-26(24)20-22/h1-20H/b15-11-,16-12-. The van der Waals surface area contributed by atoms with Gasteiger partial charge < -0.3 is 4.42 Å². The van der Waals surface area contributed by atoms with Crippen molar-refractivity contribution in [3.8, 4) is 0 Å². The first-order valence-electron chi connectivity index (χ1n) is 9.77. The van der Waals surface area contributed by atoms with E-state index >= 15 is 0 Å². The summed E-state index contributed by atoms with van der Waals surface area (Å²) in [5.74, 6) is 1.69. The molecule has 5 rings (SSSR count). The summed E-state index contributed by atoms with van der Waals surface area (Å²) in [4.78, 5) is 0. The highest BCUT2D eigenvalue weighted by Gasteiger charge is 1.98. The summed E-state index contributed by atoms with van der Waals surface area (Å²) < 4.78 is 5.93. The van der Waals surface area contributed by atoms with Crippen molar-refractivity contribution >= 4 is 45.8 Å². The van der Waals surface area contributed by atoms with Crippen LogP contribution in [0, 0.1) is 0 Å². The summed E-state index contributed by atoms with van der Waals surface area (Å²) in [6.07, 6.45) is 8.19. The molecule has 1 heterocycles. The molecule has 1 nitrogen and oxygen atoms in total. The van der Waals surface area contributed by atoms with Crippen LogP contribution in [0.3, 0.4) is 0 Å². The highest BCUT2D eigenvalue weighted by molar-refractivity contribution is 5.87. The summed E-state index contributed by atoms with van der Waals surface area (Å²) in [5, 5.41) is 4.99. The van der Waals surface area contributed by atoms with Crippen molar-refractivity contribution in [2.45, 2.75) is 0 Å². The summed E-state index contributed by atoms with van der Waals surface area (Å²) >= 11 is 0. The van der Waals surface area contributed by atoms with E-state index in [4.69, 9.17) is 4.42 Å². The predicted octanol–water partition coefficient (Wildman–Crippen LogP) is 7.93. The molecule has 0 unspecified atom stereocenters. The van der Waals surface area contributed by atoms with Crippen LogP contribution in [0.1, 0.15) is 22.6 Å². The molecule has 0 saturated carbocycles. The van der Waals surface area contributed by atoms with Gasteiger partial charge in [0.2, 0.25) is 0 Å². The molecule has 0 bridgehead atoms. The van der Waals surface area contributed by atoms with Gasteiger partial charge in [0, 0.05) is 0 Å². The van der Waals surface area contributed by atoms with Crippen molar-refractivity contribution in [3.05, 3.63) is 120 Å². The summed E-state index contributed by atoms with van der Waals surface area (Å²) in [6.45, 7) is 0. The Kier molecular flexibility index (Phi) is 4.56. The van der Waals surface area contributed by atoms with Gasteiger partial charge in [-0.15, -0.1) is 0 Å². The third kappa shape index (κ3) is 3.90. The molecule has 5 aromatic rings. The second-order valence-corrected chi connectivity index (χ2v) is 7.12. The zero-order valence-electron chi connectivity index (χ0n) is 16.0. The van der Waals surface area contributed by atoms with Crippen molar-refractivity contribution in [1.82, 2.24) is 0 Å². The fourth-order valence-electron chi connectivity index (χ4n) is 3.53. The highest BCUT2D eigenvalue weighted by Crippen LogP contribution is 2.20.